The highest BCUT2D eigenvalue weighted by atomic mass is 16.2. The SMILES string of the molecule is CC=Cc1[nH]c2c(c1CC)CCN1C(=O)c3ccccc3N(C)C21. The molecule has 4 rings (SSSR count). The molecule has 0 radical (unpaired) electrons. The molecule has 1 N–H and O–H groups in total. The minimum absolute atomic E-state index is 0.0412. The molecule has 2 aromatic rings. The molecule has 4 nitrogen and oxygen atoms in total. The molecule has 2 aliphatic rings. The Balaban J connectivity index is 1.89. The quantitative estimate of drug-likeness (QED) is 0.915. The molecule has 124 valence electrons. The number of carbonyl (C=O) groups is 1. The number of rotatable bonds is 2. The molecule has 1 amide bonds. The molecule has 0 saturated carbocycles. The molecule has 1 atom stereocenters. The van der Waals surface area contributed by atoms with Crippen molar-refractivity contribution in [1.82, 2.24) is 9.88 Å². The Morgan fingerprint density at radius 2 is 2.12 bits per heavy atom. The van der Waals surface area contributed by atoms with Crippen molar-refractivity contribution >= 4 is 17.7 Å². The van der Waals surface area contributed by atoms with Crippen LogP contribution in [0.2, 0.25) is 0 Å². The number of hydrogen-bond donors (Lipinski definition) is 1. The van der Waals surface area contributed by atoms with Crippen molar-refractivity contribution < 1.29 is 4.79 Å². The normalized spacial score (nSPS) is 19.5. The average molecular weight is 321 g/mol. The Morgan fingerprint density at radius 3 is 2.88 bits per heavy atom. The largest absolute Gasteiger partial charge is 0.355 e. The highest BCUT2D eigenvalue weighted by Gasteiger charge is 2.41. The van der Waals surface area contributed by atoms with E-state index in [-0.39, 0.29) is 12.1 Å². The van der Waals surface area contributed by atoms with E-state index >= 15 is 0 Å². The van der Waals surface area contributed by atoms with E-state index in [0.29, 0.717) is 0 Å². The van der Waals surface area contributed by atoms with Crippen LogP contribution < -0.4 is 4.90 Å². The number of hydrogen-bond acceptors (Lipinski definition) is 2. The first-order valence-electron chi connectivity index (χ1n) is 8.66. The second-order valence-electron chi connectivity index (χ2n) is 6.51. The molecule has 0 fully saturated rings. The molecular weight excluding hydrogens is 298 g/mol. The number of H-pyrrole nitrogens is 1. The van der Waals surface area contributed by atoms with Gasteiger partial charge in [-0.1, -0.05) is 25.1 Å². The van der Waals surface area contributed by atoms with E-state index in [1.54, 1.807) is 0 Å². The van der Waals surface area contributed by atoms with E-state index in [4.69, 9.17) is 0 Å². The standard InChI is InChI=1S/C20H23N3O/c1-4-8-16-13(5-2)14-11-12-23-19(18(14)21-16)22(3)17-10-7-6-9-15(17)20(23)24/h4,6-10,19,21H,5,11-12H2,1-3H3. The number of carbonyl (C=O) groups excluding carboxylic acids is 1. The van der Waals surface area contributed by atoms with E-state index < -0.39 is 0 Å². The van der Waals surface area contributed by atoms with Gasteiger partial charge in [0, 0.05) is 19.3 Å². The lowest BCUT2D eigenvalue weighted by Gasteiger charge is -2.46. The number of fused-ring (bicyclic) bond motifs is 4. The van der Waals surface area contributed by atoms with Crippen LogP contribution in [0.3, 0.4) is 0 Å². The Labute approximate surface area is 142 Å². The summed E-state index contributed by atoms with van der Waals surface area (Å²) in [6.07, 6.45) is 6.09. The zero-order chi connectivity index (χ0) is 16.8. The number of benzene rings is 1. The van der Waals surface area contributed by atoms with E-state index in [9.17, 15) is 4.79 Å². The van der Waals surface area contributed by atoms with Gasteiger partial charge in [0.05, 0.1) is 16.9 Å². The van der Waals surface area contributed by atoms with Gasteiger partial charge in [0.25, 0.3) is 5.91 Å². The third-order valence-electron chi connectivity index (χ3n) is 5.27. The lowest BCUT2D eigenvalue weighted by Crippen LogP contribution is -2.51. The van der Waals surface area contributed by atoms with Crippen LogP contribution in [0.1, 0.15) is 52.9 Å². The summed E-state index contributed by atoms with van der Waals surface area (Å²) in [5.74, 6) is 0.139. The van der Waals surface area contributed by atoms with E-state index in [1.807, 2.05) is 36.1 Å². The first-order chi connectivity index (χ1) is 11.7. The molecule has 2 aliphatic heterocycles. The van der Waals surface area contributed by atoms with Gasteiger partial charge in [0.2, 0.25) is 0 Å². The highest BCUT2D eigenvalue weighted by Crippen LogP contribution is 2.42. The van der Waals surface area contributed by atoms with E-state index in [2.05, 4.69) is 36.0 Å². The Kier molecular flexibility index (Phi) is 3.48. The summed E-state index contributed by atoms with van der Waals surface area (Å²) in [5.41, 5.74) is 6.96. The second-order valence-corrected chi connectivity index (χ2v) is 6.51. The lowest BCUT2D eigenvalue weighted by atomic mass is 9.94. The summed E-state index contributed by atoms with van der Waals surface area (Å²) in [6, 6.07) is 7.90. The number of allylic oxidation sites excluding steroid dienone is 1. The number of nitrogens with zero attached hydrogens (tertiary/aromatic N) is 2. The Hall–Kier alpha value is -2.49. The fourth-order valence-electron chi connectivity index (χ4n) is 4.21. The van der Waals surface area contributed by atoms with Crippen molar-refractivity contribution in [1.29, 1.82) is 0 Å². The van der Waals surface area contributed by atoms with Gasteiger partial charge in [-0.05, 0) is 49.1 Å². The van der Waals surface area contributed by atoms with Crippen molar-refractivity contribution in [3.05, 3.63) is 58.4 Å². The number of anilines is 1. The second kappa shape index (κ2) is 5.55. The van der Waals surface area contributed by atoms with Gasteiger partial charge in [-0.25, -0.2) is 0 Å². The maximum Gasteiger partial charge on any atom is 0.257 e. The van der Waals surface area contributed by atoms with Crippen LogP contribution in [0, 0.1) is 0 Å². The summed E-state index contributed by atoms with van der Waals surface area (Å²) in [5, 5.41) is 0. The fourth-order valence-corrected chi connectivity index (χ4v) is 4.21. The third kappa shape index (κ3) is 1.95. The van der Waals surface area contributed by atoms with Gasteiger partial charge in [0.1, 0.15) is 6.17 Å². The third-order valence-corrected chi connectivity index (χ3v) is 5.27. The van der Waals surface area contributed by atoms with Crippen LogP contribution in [0.15, 0.2) is 30.3 Å². The van der Waals surface area contributed by atoms with Crippen LogP contribution in [-0.4, -0.2) is 29.4 Å². The molecular formula is C20H23N3O. The summed E-state index contributed by atoms with van der Waals surface area (Å²) in [6.45, 7) is 5.02. The van der Waals surface area contributed by atoms with Crippen LogP contribution in [-0.2, 0) is 12.8 Å². The smallest absolute Gasteiger partial charge is 0.257 e. The van der Waals surface area contributed by atoms with E-state index in [1.165, 1.54) is 22.5 Å². The van der Waals surface area contributed by atoms with Crippen LogP contribution >= 0.6 is 0 Å². The Bertz CT molecular complexity index is 833. The van der Waals surface area contributed by atoms with Crippen molar-refractivity contribution in [3.8, 4) is 0 Å². The zero-order valence-electron chi connectivity index (χ0n) is 14.5. The number of nitrogens with one attached hydrogen (secondary N) is 1. The number of aromatic amines is 1. The predicted octanol–water partition coefficient (Wildman–Crippen LogP) is 3.76. The minimum Gasteiger partial charge on any atom is -0.355 e. The maximum atomic E-state index is 13.0. The summed E-state index contributed by atoms with van der Waals surface area (Å²) in [7, 11) is 2.08. The van der Waals surface area contributed by atoms with Crippen molar-refractivity contribution in [2.24, 2.45) is 0 Å². The number of para-hydroxylation sites is 1. The number of aromatic nitrogens is 1. The molecule has 0 saturated heterocycles. The molecule has 3 heterocycles. The molecule has 0 bridgehead atoms. The molecule has 4 heteroatoms. The highest BCUT2D eigenvalue weighted by molar-refractivity contribution is 6.02. The van der Waals surface area contributed by atoms with Gasteiger partial charge in [-0.2, -0.15) is 0 Å². The van der Waals surface area contributed by atoms with Crippen LogP contribution in [0.5, 0.6) is 0 Å². The van der Waals surface area contributed by atoms with Crippen molar-refractivity contribution in [2.45, 2.75) is 32.9 Å². The van der Waals surface area contributed by atoms with Gasteiger partial charge in [-0.3, -0.25) is 4.79 Å². The van der Waals surface area contributed by atoms with Crippen molar-refractivity contribution in [2.75, 3.05) is 18.5 Å². The molecule has 0 aliphatic carbocycles. The average Bonchev–Trinajstić information content (AvgIpc) is 2.96. The fraction of sp³-hybridized carbons (Fsp3) is 0.350. The molecule has 0 spiro atoms. The van der Waals surface area contributed by atoms with Crippen LogP contribution in [0.4, 0.5) is 5.69 Å². The summed E-state index contributed by atoms with van der Waals surface area (Å²) >= 11 is 0. The summed E-state index contributed by atoms with van der Waals surface area (Å²) in [4.78, 5) is 20.8. The first kappa shape index (κ1) is 15.1. The van der Waals surface area contributed by atoms with Gasteiger partial charge >= 0.3 is 0 Å². The monoisotopic (exact) mass is 321 g/mol. The van der Waals surface area contributed by atoms with Crippen LogP contribution in [0.25, 0.3) is 6.08 Å². The van der Waals surface area contributed by atoms with Gasteiger partial charge < -0.3 is 14.8 Å². The van der Waals surface area contributed by atoms with Crippen molar-refractivity contribution in [3.63, 3.8) is 0 Å². The molecule has 1 aromatic carbocycles. The first-order valence-corrected chi connectivity index (χ1v) is 8.66. The lowest BCUT2D eigenvalue weighted by molar-refractivity contribution is 0.0634. The zero-order valence-corrected chi connectivity index (χ0v) is 14.5. The number of amides is 1. The minimum atomic E-state index is -0.0412. The molecule has 1 aromatic heterocycles. The predicted molar refractivity (Wildman–Crippen MR) is 97.2 cm³/mol. The van der Waals surface area contributed by atoms with Gasteiger partial charge in [-0.15, -0.1) is 0 Å². The molecule has 24 heavy (non-hydrogen) atoms. The topological polar surface area (TPSA) is 39.3 Å². The van der Waals surface area contributed by atoms with Gasteiger partial charge in [0.15, 0.2) is 0 Å². The van der Waals surface area contributed by atoms with E-state index in [0.717, 1.165) is 30.6 Å². The Morgan fingerprint density at radius 1 is 1.33 bits per heavy atom. The summed E-state index contributed by atoms with van der Waals surface area (Å²) < 4.78 is 0. The maximum absolute atomic E-state index is 13.0. The molecule has 1 unspecified atom stereocenters.